The number of methoxy groups -OCH3 is 2. The van der Waals surface area contributed by atoms with Gasteiger partial charge >= 0.3 is 5.97 Å². The Balaban J connectivity index is 0.00000225. The third-order valence-electron chi connectivity index (χ3n) is 2.09. The summed E-state index contributed by atoms with van der Waals surface area (Å²) in [6, 6.07) is 5.69. The van der Waals surface area contributed by atoms with Crippen LogP contribution in [-0.4, -0.2) is 47.5 Å². The van der Waals surface area contributed by atoms with E-state index in [1.165, 1.54) is 13.2 Å². The van der Waals surface area contributed by atoms with Gasteiger partial charge in [0.25, 0.3) is 0 Å². The normalized spacial score (nSPS) is 9.69. The molecule has 4 heteroatoms. The van der Waals surface area contributed by atoms with E-state index in [1.54, 1.807) is 13.2 Å². The molecule has 4 radical (unpaired) electrons. The van der Waals surface area contributed by atoms with Crippen LogP contribution in [0.5, 0.6) is 5.75 Å². The molecule has 16 heavy (non-hydrogen) atoms. The van der Waals surface area contributed by atoms with Gasteiger partial charge in [-0.25, -0.2) is 4.79 Å². The second-order valence-corrected chi connectivity index (χ2v) is 3.08. The molecule has 0 N–H and O–H groups in total. The Kier molecular flexibility index (Phi) is 7.04. The molecule has 0 aliphatic rings. The minimum absolute atomic E-state index is 0. The van der Waals surface area contributed by atoms with Crippen LogP contribution in [0.1, 0.15) is 11.1 Å². The summed E-state index contributed by atoms with van der Waals surface area (Å²) < 4.78 is 9.60. The molecule has 3 nitrogen and oxygen atoms in total. The minimum atomic E-state index is -0.364. The van der Waals surface area contributed by atoms with Gasteiger partial charge in [-0.1, -0.05) is 6.07 Å². The molecule has 0 amide bonds. The van der Waals surface area contributed by atoms with Crippen molar-refractivity contribution in [3.8, 4) is 5.75 Å². The summed E-state index contributed by atoms with van der Waals surface area (Å²) >= 11 is 0. The molecule has 0 aliphatic carbocycles. The van der Waals surface area contributed by atoms with Crippen molar-refractivity contribution < 1.29 is 14.3 Å². The van der Waals surface area contributed by atoms with Crippen molar-refractivity contribution in [1.82, 2.24) is 0 Å². The van der Waals surface area contributed by atoms with Gasteiger partial charge < -0.3 is 9.47 Å². The van der Waals surface area contributed by atoms with Crippen LogP contribution in [0.4, 0.5) is 0 Å². The van der Waals surface area contributed by atoms with Crippen molar-refractivity contribution in [3.05, 3.63) is 35.4 Å². The van der Waals surface area contributed by atoms with Crippen LogP contribution in [-0.2, 0) is 9.53 Å². The quantitative estimate of drug-likeness (QED) is 0.431. The number of hydrogen-bond acceptors (Lipinski definition) is 3. The molecule has 0 aromatic heterocycles. The number of carbonyl (C=O) groups excluding carboxylic acids is 1. The van der Waals surface area contributed by atoms with Crippen LogP contribution in [0.15, 0.2) is 24.3 Å². The Morgan fingerprint density at radius 1 is 1.31 bits per heavy atom. The second-order valence-electron chi connectivity index (χ2n) is 3.08. The van der Waals surface area contributed by atoms with Gasteiger partial charge in [0.1, 0.15) is 5.75 Å². The zero-order valence-corrected chi connectivity index (χ0v) is 13.5. The molecule has 0 spiro atoms. The van der Waals surface area contributed by atoms with Gasteiger partial charge in [0, 0.05) is 33.4 Å². The molecule has 0 aliphatic heterocycles. The fourth-order valence-corrected chi connectivity index (χ4v) is 1.15. The Hall–Kier alpha value is -0.848. The van der Waals surface area contributed by atoms with Crippen LogP contribution in [0.25, 0.3) is 6.08 Å². The van der Waals surface area contributed by atoms with Gasteiger partial charge in [-0.05, 0) is 36.3 Å². The average molecular weight is 413 g/mol. The molecule has 84 valence electrons. The largest absolute Gasteiger partial charge is 0.497 e. The Bertz CT molecular complexity index is 386. The zero-order valence-electron chi connectivity index (χ0n) is 9.61. The zero-order chi connectivity index (χ0) is 11.3. The SMILES string of the molecule is COC(=O)/C=C/c1cc(OC)ccc1C.[Pb]. The second kappa shape index (κ2) is 7.43. The molecule has 1 aromatic rings. The fourth-order valence-electron chi connectivity index (χ4n) is 1.15. The smallest absolute Gasteiger partial charge is 0.330 e. The van der Waals surface area contributed by atoms with Crippen molar-refractivity contribution in [2.45, 2.75) is 6.92 Å². The third kappa shape index (κ3) is 4.34. The first-order chi connectivity index (χ1) is 7.17. The number of esters is 1. The van der Waals surface area contributed by atoms with Gasteiger partial charge in [0.05, 0.1) is 14.2 Å². The van der Waals surface area contributed by atoms with Crippen molar-refractivity contribution in [1.29, 1.82) is 0 Å². The van der Waals surface area contributed by atoms with E-state index in [9.17, 15) is 4.79 Å². The molecule has 0 fully saturated rings. The van der Waals surface area contributed by atoms with Crippen LogP contribution in [0, 0.1) is 6.92 Å². The van der Waals surface area contributed by atoms with E-state index in [0.29, 0.717) is 0 Å². The van der Waals surface area contributed by atoms with Crippen molar-refractivity contribution in [3.63, 3.8) is 0 Å². The summed E-state index contributed by atoms with van der Waals surface area (Å²) in [5.41, 5.74) is 2.02. The number of hydrogen-bond donors (Lipinski definition) is 0. The first kappa shape index (κ1) is 15.2. The number of ether oxygens (including phenoxy) is 2. The molecule has 1 aromatic carbocycles. The Labute approximate surface area is 116 Å². The van der Waals surface area contributed by atoms with E-state index in [-0.39, 0.29) is 33.3 Å². The summed E-state index contributed by atoms with van der Waals surface area (Å²) in [7, 11) is 2.96. The Morgan fingerprint density at radius 2 is 2.00 bits per heavy atom. The molecule has 0 atom stereocenters. The predicted molar refractivity (Wildman–Crippen MR) is 64.5 cm³/mol. The van der Waals surface area contributed by atoms with Crippen LogP contribution < -0.4 is 4.74 Å². The van der Waals surface area contributed by atoms with Gasteiger partial charge in [0.15, 0.2) is 0 Å². The molecule has 0 saturated carbocycles. The van der Waals surface area contributed by atoms with E-state index in [1.807, 2.05) is 25.1 Å². The van der Waals surface area contributed by atoms with E-state index < -0.39 is 0 Å². The molecule has 1 rings (SSSR count). The number of aryl methyl sites for hydroxylation is 1. The van der Waals surface area contributed by atoms with Gasteiger partial charge in [-0.2, -0.15) is 0 Å². The van der Waals surface area contributed by atoms with E-state index in [2.05, 4.69) is 4.74 Å². The van der Waals surface area contributed by atoms with Crippen LogP contribution in [0.3, 0.4) is 0 Å². The summed E-state index contributed by atoms with van der Waals surface area (Å²) in [6.07, 6.45) is 3.10. The maximum absolute atomic E-state index is 10.9. The Morgan fingerprint density at radius 3 is 2.56 bits per heavy atom. The minimum Gasteiger partial charge on any atom is -0.497 e. The number of benzene rings is 1. The third-order valence-corrected chi connectivity index (χ3v) is 2.09. The van der Waals surface area contributed by atoms with Gasteiger partial charge in [0.2, 0.25) is 0 Å². The molecule has 0 bridgehead atoms. The van der Waals surface area contributed by atoms with Crippen molar-refractivity contribution in [2.75, 3.05) is 14.2 Å². The summed E-state index contributed by atoms with van der Waals surface area (Å²) in [5, 5.41) is 0. The molecular weight excluding hydrogens is 399 g/mol. The molecule has 0 unspecified atom stereocenters. The average Bonchev–Trinajstić information content (AvgIpc) is 2.27. The summed E-state index contributed by atoms with van der Waals surface area (Å²) in [6.45, 7) is 1.97. The predicted octanol–water partition coefficient (Wildman–Crippen LogP) is 1.81. The number of rotatable bonds is 3. The van der Waals surface area contributed by atoms with E-state index in [4.69, 9.17) is 4.74 Å². The molecular formula is C12H14O3Pb. The van der Waals surface area contributed by atoms with Gasteiger partial charge in [-0.15, -0.1) is 0 Å². The van der Waals surface area contributed by atoms with Gasteiger partial charge in [-0.3, -0.25) is 0 Å². The first-order valence-corrected chi connectivity index (χ1v) is 4.58. The summed E-state index contributed by atoms with van der Waals surface area (Å²) in [5.74, 6) is 0.405. The van der Waals surface area contributed by atoms with Crippen LogP contribution >= 0.6 is 0 Å². The first-order valence-electron chi connectivity index (χ1n) is 4.58. The fraction of sp³-hybridized carbons (Fsp3) is 0.250. The topological polar surface area (TPSA) is 35.5 Å². The molecule has 0 saturated heterocycles. The maximum Gasteiger partial charge on any atom is 0.330 e. The number of carbonyl (C=O) groups is 1. The van der Waals surface area contributed by atoms with E-state index in [0.717, 1.165) is 16.9 Å². The van der Waals surface area contributed by atoms with Crippen molar-refractivity contribution >= 4 is 39.3 Å². The molecule has 0 heterocycles. The van der Waals surface area contributed by atoms with E-state index >= 15 is 0 Å². The summed E-state index contributed by atoms with van der Waals surface area (Å²) in [4.78, 5) is 10.9. The van der Waals surface area contributed by atoms with Crippen LogP contribution in [0.2, 0.25) is 0 Å². The van der Waals surface area contributed by atoms with Crippen molar-refractivity contribution in [2.24, 2.45) is 0 Å². The maximum atomic E-state index is 10.9. The monoisotopic (exact) mass is 414 g/mol. The standard InChI is InChI=1S/C12H14O3.Pb/c1-9-4-6-11(14-2)8-10(9)5-7-12(13)15-3;/h4-8H,1-3H3;/b7-5+;.